The number of nitrogens with zero attached hydrogens (tertiary/aromatic N) is 3. The maximum absolute atomic E-state index is 4.18. The van der Waals surface area contributed by atoms with Crippen molar-refractivity contribution in [1.82, 2.24) is 4.00 Å². The van der Waals surface area contributed by atoms with E-state index in [4.69, 9.17) is 0 Å². The molecule has 3 nitrogen and oxygen atoms in total. The van der Waals surface area contributed by atoms with E-state index in [1.807, 2.05) is 31.5 Å². The normalized spacial score (nSPS) is 25.8. The number of hydrogen-bond acceptors (Lipinski definition) is 3. The monoisotopic (exact) mass is 180 g/mol. The zero-order valence-electron chi connectivity index (χ0n) is 7.06. The molecule has 0 N–H and O–H groups in total. The molecule has 1 aromatic carbocycles. The summed E-state index contributed by atoms with van der Waals surface area (Å²) in [4.78, 5) is 0. The fourth-order valence-electron chi connectivity index (χ4n) is 1.22. The summed E-state index contributed by atoms with van der Waals surface area (Å²) in [5.41, 5.74) is 2.14. The van der Waals surface area contributed by atoms with Crippen LogP contribution in [0.1, 0.15) is 0 Å². The Morgan fingerprint density at radius 2 is 2.08 bits per heavy atom. The lowest BCUT2D eigenvalue weighted by Crippen LogP contribution is -2.26. The molecular formula is C8H10N3S+. The summed E-state index contributed by atoms with van der Waals surface area (Å²) in [6.07, 6.45) is 2.03. The van der Waals surface area contributed by atoms with E-state index in [0.29, 0.717) is 4.00 Å². The van der Waals surface area contributed by atoms with Crippen molar-refractivity contribution in [2.45, 2.75) is 0 Å². The highest BCUT2D eigenvalue weighted by Gasteiger charge is 2.33. The molecule has 2 rings (SSSR count). The molecule has 0 fully saturated rings. The van der Waals surface area contributed by atoms with Gasteiger partial charge in [0, 0.05) is 17.5 Å². The van der Waals surface area contributed by atoms with Crippen LogP contribution in [0.25, 0.3) is 0 Å². The van der Waals surface area contributed by atoms with E-state index in [9.17, 15) is 0 Å². The maximum atomic E-state index is 4.18. The van der Waals surface area contributed by atoms with Gasteiger partial charge in [-0.3, -0.25) is 0 Å². The predicted molar refractivity (Wildman–Crippen MR) is 52.2 cm³/mol. The minimum atomic E-state index is 0.496. The summed E-state index contributed by atoms with van der Waals surface area (Å²) < 4.78 is 0.496. The Kier molecular flexibility index (Phi) is 1.66. The van der Waals surface area contributed by atoms with Gasteiger partial charge in [0.1, 0.15) is 19.0 Å². The maximum Gasteiger partial charge on any atom is 0.200 e. The molecule has 0 saturated heterocycles. The van der Waals surface area contributed by atoms with Crippen molar-refractivity contribution in [3.8, 4) is 0 Å². The Bertz CT molecular complexity index is 337. The van der Waals surface area contributed by atoms with Crippen LogP contribution in [0.3, 0.4) is 0 Å². The highest BCUT2D eigenvalue weighted by molar-refractivity contribution is 7.98. The summed E-state index contributed by atoms with van der Waals surface area (Å²) in [5.74, 6) is 0. The number of benzene rings is 1. The molecule has 1 unspecified atom stereocenters. The molecule has 0 bridgehead atoms. The number of hydrogen-bond donors (Lipinski definition) is 0. The molecule has 0 amide bonds. The number of rotatable bonds is 1. The SMILES string of the molecule is CS[N+]1(C)N=Nc2ccccc21. The predicted octanol–water partition coefficient (Wildman–Crippen LogP) is 2.91. The van der Waals surface area contributed by atoms with Crippen LogP contribution in [-0.2, 0) is 0 Å². The van der Waals surface area contributed by atoms with Crippen molar-refractivity contribution < 1.29 is 0 Å². The van der Waals surface area contributed by atoms with Crippen molar-refractivity contribution in [1.29, 1.82) is 0 Å². The summed E-state index contributed by atoms with van der Waals surface area (Å²) >= 11 is 1.65. The van der Waals surface area contributed by atoms with Crippen LogP contribution in [0.4, 0.5) is 11.4 Å². The first-order chi connectivity index (χ1) is 5.76. The molecule has 1 aromatic rings. The van der Waals surface area contributed by atoms with E-state index < -0.39 is 0 Å². The first kappa shape index (κ1) is 7.76. The first-order valence-electron chi connectivity index (χ1n) is 3.71. The van der Waals surface area contributed by atoms with Crippen molar-refractivity contribution in [2.75, 3.05) is 13.3 Å². The summed E-state index contributed by atoms with van der Waals surface area (Å²) in [6, 6.07) is 8.04. The topological polar surface area (TPSA) is 24.7 Å². The van der Waals surface area contributed by atoms with E-state index in [1.165, 1.54) is 0 Å². The fraction of sp³-hybridized carbons (Fsp3) is 0.250. The van der Waals surface area contributed by atoms with Gasteiger partial charge in [-0.15, -0.1) is 0 Å². The van der Waals surface area contributed by atoms with E-state index >= 15 is 0 Å². The lowest BCUT2D eigenvalue weighted by Gasteiger charge is -2.16. The van der Waals surface area contributed by atoms with Gasteiger partial charge in [0.05, 0.1) is 0 Å². The van der Waals surface area contributed by atoms with E-state index in [1.54, 1.807) is 11.9 Å². The molecule has 1 aliphatic heterocycles. The van der Waals surface area contributed by atoms with Gasteiger partial charge in [0.25, 0.3) is 0 Å². The highest BCUT2D eigenvalue weighted by atomic mass is 32.2. The molecule has 1 heterocycles. The average Bonchev–Trinajstić information content (AvgIpc) is 2.46. The standard InChI is InChI=1S/C8H10N3S/c1-11(12-2)8-6-4-3-5-7(8)9-10-11/h3-6H,1-2H3/q+1. The van der Waals surface area contributed by atoms with E-state index in [2.05, 4.69) is 16.4 Å². The van der Waals surface area contributed by atoms with Gasteiger partial charge in [-0.05, 0) is 6.07 Å². The molecule has 4 heteroatoms. The van der Waals surface area contributed by atoms with Gasteiger partial charge in [-0.1, -0.05) is 21.2 Å². The number of quaternary nitrogens is 1. The van der Waals surface area contributed by atoms with Crippen LogP contribution < -0.4 is 4.00 Å². The zero-order chi connectivity index (χ0) is 8.60. The summed E-state index contributed by atoms with van der Waals surface area (Å²) in [5, 5.41) is 8.28. The van der Waals surface area contributed by atoms with Gasteiger partial charge in [0.15, 0.2) is 11.4 Å². The quantitative estimate of drug-likeness (QED) is 0.481. The molecule has 0 aliphatic carbocycles. The van der Waals surface area contributed by atoms with Gasteiger partial charge >= 0.3 is 0 Å². The largest absolute Gasteiger partial charge is 0.200 e. The summed E-state index contributed by atoms with van der Waals surface area (Å²) in [7, 11) is 2.03. The van der Waals surface area contributed by atoms with Gasteiger partial charge in [0.2, 0.25) is 0 Å². The Hall–Kier alpha value is -0.870. The second-order valence-corrected chi connectivity index (χ2v) is 3.82. The molecule has 1 aliphatic rings. The summed E-state index contributed by atoms with van der Waals surface area (Å²) in [6.45, 7) is 0. The minimum Gasteiger partial charge on any atom is -0.0932 e. The fourth-order valence-corrected chi connectivity index (χ4v) is 1.68. The van der Waals surface area contributed by atoms with Crippen LogP contribution in [0.2, 0.25) is 0 Å². The Balaban J connectivity index is 2.56. The smallest absolute Gasteiger partial charge is 0.0932 e. The van der Waals surface area contributed by atoms with E-state index in [0.717, 1.165) is 11.4 Å². The molecular weight excluding hydrogens is 170 g/mol. The van der Waals surface area contributed by atoms with Crippen LogP contribution in [-0.4, -0.2) is 13.3 Å². The molecule has 0 spiro atoms. The van der Waals surface area contributed by atoms with Crippen LogP contribution in [0.15, 0.2) is 34.6 Å². The Morgan fingerprint density at radius 3 is 2.83 bits per heavy atom. The van der Waals surface area contributed by atoms with E-state index in [-0.39, 0.29) is 0 Å². The third kappa shape index (κ3) is 0.956. The van der Waals surface area contributed by atoms with Crippen molar-refractivity contribution >= 4 is 23.3 Å². The second kappa shape index (κ2) is 2.57. The lowest BCUT2D eigenvalue weighted by molar-refractivity contribution is 0.579. The first-order valence-corrected chi connectivity index (χ1v) is 4.89. The van der Waals surface area contributed by atoms with Crippen LogP contribution in [0, 0.1) is 0 Å². The molecule has 0 aromatic heterocycles. The third-order valence-electron chi connectivity index (χ3n) is 2.01. The van der Waals surface area contributed by atoms with Gasteiger partial charge in [-0.2, -0.15) is 0 Å². The van der Waals surface area contributed by atoms with Crippen molar-refractivity contribution in [2.24, 2.45) is 10.3 Å². The lowest BCUT2D eigenvalue weighted by atomic mass is 10.3. The minimum absolute atomic E-state index is 0.496. The molecule has 62 valence electrons. The number of para-hydroxylation sites is 1. The molecule has 12 heavy (non-hydrogen) atoms. The van der Waals surface area contributed by atoms with Gasteiger partial charge in [-0.25, -0.2) is 0 Å². The molecule has 1 atom stereocenters. The zero-order valence-corrected chi connectivity index (χ0v) is 7.88. The Labute approximate surface area is 75.8 Å². The van der Waals surface area contributed by atoms with Crippen LogP contribution >= 0.6 is 11.9 Å². The number of fused-ring (bicyclic) bond motifs is 1. The third-order valence-corrected chi connectivity index (χ3v) is 2.99. The molecule has 0 radical (unpaired) electrons. The van der Waals surface area contributed by atoms with Gasteiger partial charge < -0.3 is 0 Å². The Morgan fingerprint density at radius 1 is 1.33 bits per heavy atom. The van der Waals surface area contributed by atoms with Crippen molar-refractivity contribution in [3.05, 3.63) is 24.3 Å². The highest BCUT2D eigenvalue weighted by Crippen LogP contribution is 2.43. The second-order valence-electron chi connectivity index (χ2n) is 2.74. The molecule has 0 saturated carbocycles. The van der Waals surface area contributed by atoms with Crippen LogP contribution in [0.5, 0.6) is 0 Å². The average molecular weight is 180 g/mol. The van der Waals surface area contributed by atoms with Crippen molar-refractivity contribution in [3.63, 3.8) is 0 Å².